The van der Waals surface area contributed by atoms with Gasteiger partial charge in [-0.3, -0.25) is 0 Å². The van der Waals surface area contributed by atoms with Crippen LogP contribution in [0.4, 0.5) is 0 Å². The molecule has 0 saturated heterocycles. The van der Waals surface area contributed by atoms with Gasteiger partial charge in [-0.1, -0.05) is 22.6 Å². The van der Waals surface area contributed by atoms with Crippen molar-refractivity contribution in [2.75, 3.05) is 24.2 Å². The summed E-state index contributed by atoms with van der Waals surface area (Å²) in [5, 5.41) is 9.62. The van der Waals surface area contributed by atoms with Crippen molar-refractivity contribution in [1.29, 1.82) is 0 Å². The van der Waals surface area contributed by atoms with Crippen LogP contribution in [0.5, 0.6) is 0 Å². The lowest BCUT2D eigenvalue weighted by atomic mass is 10.1. The van der Waals surface area contributed by atoms with Crippen molar-refractivity contribution in [2.24, 2.45) is 0 Å². The molecular weight excluding hydrogens is 335 g/mol. The number of halogens is 1. The second-order valence-corrected chi connectivity index (χ2v) is 4.57. The van der Waals surface area contributed by atoms with Crippen molar-refractivity contribution in [3.8, 4) is 0 Å². The van der Waals surface area contributed by atoms with Crippen LogP contribution in [0, 0.1) is 0 Å². The Hall–Kier alpha value is 0.570. The molecule has 104 valence electrons. The summed E-state index contributed by atoms with van der Waals surface area (Å²) < 4.78 is 17.3. The van der Waals surface area contributed by atoms with Gasteiger partial charge in [-0.2, -0.15) is 0 Å². The first-order valence-corrected chi connectivity index (χ1v) is 7.79. The maximum Gasteiger partial charge on any atom is 0.156 e. The smallest absolute Gasteiger partial charge is 0.156 e. The molecule has 0 rings (SSSR count). The molecule has 0 saturated carbocycles. The molecule has 0 aliphatic rings. The second kappa shape index (κ2) is 11.6. The third-order valence-corrected chi connectivity index (χ3v) is 3.31. The highest BCUT2D eigenvalue weighted by Crippen LogP contribution is 2.15. The fraction of sp³-hybridized carbons (Fsp3) is 1.00. The number of hydrogen-bond acceptors (Lipinski definition) is 4. The van der Waals surface area contributed by atoms with Crippen LogP contribution in [0.2, 0.25) is 0 Å². The van der Waals surface area contributed by atoms with Gasteiger partial charge in [-0.05, 0) is 20.8 Å². The van der Waals surface area contributed by atoms with Gasteiger partial charge in [0.15, 0.2) is 6.29 Å². The van der Waals surface area contributed by atoms with Crippen LogP contribution >= 0.6 is 22.6 Å². The first-order chi connectivity index (χ1) is 8.17. The standard InChI is InChI=1S/C12H25IO4/c1-4-15-10(8-12(14)17-6-3)7-11(9-13)16-5-2/h10-12,14H,4-9H2,1-3H3. The molecule has 3 atom stereocenters. The Labute approximate surface area is 118 Å². The van der Waals surface area contributed by atoms with E-state index in [9.17, 15) is 5.11 Å². The first-order valence-electron chi connectivity index (χ1n) is 6.26. The molecule has 0 aromatic carbocycles. The van der Waals surface area contributed by atoms with E-state index < -0.39 is 6.29 Å². The molecule has 0 aromatic rings. The molecule has 0 amide bonds. The lowest BCUT2D eigenvalue weighted by Crippen LogP contribution is -2.29. The molecule has 0 spiro atoms. The van der Waals surface area contributed by atoms with Gasteiger partial charge in [-0.15, -0.1) is 0 Å². The van der Waals surface area contributed by atoms with Gasteiger partial charge in [0.1, 0.15) is 0 Å². The molecule has 0 radical (unpaired) electrons. The van der Waals surface area contributed by atoms with Gasteiger partial charge in [-0.25, -0.2) is 0 Å². The van der Waals surface area contributed by atoms with Crippen LogP contribution in [0.15, 0.2) is 0 Å². The van der Waals surface area contributed by atoms with Gasteiger partial charge < -0.3 is 19.3 Å². The summed E-state index contributed by atoms with van der Waals surface area (Å²) in [4.78, 5) is 0. The van der Waals surface area contributed by atoms with Gasteiger partial charge in [0.25, 0.3) is 0 Å². The molecule has 0 heterocycles. The zero-order valence-electron chi connectivity index (χ0n) is 11.0. The Morgan fingerprint density at radius 1 is 0.882 bits per heavy atom. The Bertz CT molecular complexity index is 169. The number of ether oxygens (including phenoxy) is 3. The third kappa shape index (κ3) is 9.18. The molecule has 0 aromatic heterocycles. The van der Waals surface area contributed by atoms with E-state index in [1.165, 1.54) is 0 Å². The van der Waals surface area contributed by atoms with Crippen molar-refractivity contribution in [3.05, 3.63) is 0 Å². The van der Waals surface area contributed by atoms with Crippen molar-refractivity contribution >= 4 is 22.6 Å². The van der Waals surface area contributed by atoms with Crippen molar-refractivity contribution in [2.45, 2.75) is 52.1 Å². The Balaban J connectivity index is 4.10. The van der Waals surface area contributed by atoms with Crippen LogP contribution < -0.4 is 0 Å². The lowest BCUT2D eigenvalue weighted by Gasteiger charge is -2.24. The Morgan fingerprint density at radius 3 is 1.88 bits per heavy atom. The van der Waals surface area contributed by atoms with Crippen molar-refractivity contribution in [1.82, 2.24) is 0 Å². The second-order valence-electron chi connectivity index (χ2n) is 3.69. The highest BCUT2D eigenvalue weighted by molar-refractivity contribution is 14.1. The normalized spacial score (nSPS) is 16.8. The maximum atomic E-state index is 9.62. The highest BCUT2D eigenvalue weighted by atomic mass is 127. The van der Waals surface area contributed by atoms with Gasteiger partial charge >= 0.3 is 0 Å². The molecule has 4 nitrogen and oxygen atoms in total. The van der Waals surface area contributed by atoms with E-state index in [-0.39, 0.29) is 12.2 Å². The molecule has 0 fully saturated rings. The van der Waals surface area contributed by atoms with E-state index in [1.807, 2.05) is 20.8 Å². The minimum atomic E-state index is -0.743. The Kier molecular flexibility index (Phi) is 12.0. The third-order valence-electron chi connectivity index (χ3n) is 2.33. The molecule has 1 N–H and O–H groups in total. The number of aliphatic hydroxyl groups is 1. The van der Waals surface area contributed by atoms with Crippen LogP contribution in [-0.4, -0.2) is 47.9 Å². The van der Waals surface area contributed by atoms with Crippen LogP contribution in [0.1, 0.15) is 33.6 Å². The Morgan fingerprint density at radius 2 is 1.41 bits per heavy atom. The van der Waals surface area contributed by atoms with Gasteiger partial charge in [0, 0.05) is 37.1 Å². The van der Waals surface area contributed by atoms with Crippen LogP contribution in [0.25, 0.3) is 0 Å². The molecule has 17 heavy (non-hydrogen) atoms. The average Bonchev–Trinajstić information content (AvgIpc) is 2.29. The van der Waals surface area contributed by atoms with Crippen molar-refractivity contribution in [3.63, 3.8) is 0 Å². The number of rotatable bonds is 11. The monoisotopic (exact) mass is 360 g/mol. The lowest BCUT2D eigenvalue weighted by molar-refractivity contribution is -0.128. The molecule has 5 heteroatoms. The van der Waals surface area contributed by atoms with Gasteiger partial charge in [0.2, 0.25) is 0 Å². The summed E-state index contributed by atoms with van der Waals surface area (Å²) in [6.45, 7) is 7.68. The maximum absolute atomic E-state index is 9.62. The minimum Gasteiger partial charge on any atom is -0.378 e. The topological polar surface area (TPSA) is 47.9 Å². The number of aliphatic hydroxyl groups excluding tert-OH is 1. The SMILES string of the molecule is CCOC(O)CC(CC(CI)OCC)OCC. The van der Waals surface area contributed by atoms with Gasteiger partial charge in [0.05, 0.1) is 12.2 Å². The number of alkyl halides is 1. The zero-order valence-corrected chi connectivity index (χ0v) is 13.2. The van der Waals surface area contributed by atoms with E-state index in [0.717, 1.165) is 10.8 Å². The molecule has 0 aliphatic carbocycles. The summed E-state index contributed by atoms with van der Waals surface area (Å²) in [6.07, 6.45) is 0.739. The van der Waals surface area contributed by atoms with E-state index in [4.69, 9.17) is 14.2 Å². The quantitative estimate of drug-likeness (QED) is 0.349. The average molecular weight is 360 g/mol. The van der Waals surface area contributed by atoms with E-state index in [1.54, 1.807) is 0 Å². The fourth-order valence-corrected chi connectivity index (χ4v) is 2.27. The number of hydrogen-bond donors (Lipinski definition) is 1. The predicted octanol–water partition coefficient (Wildman–Crippen LogP) is 2.37. The minimum absolute atomic E-state index is 0.00661. The molecule has 3 unspecified atom stereocenters. The summed E-state index contributed by atoms with van der Waals surface area (Å²) >= 11 is 2.31. The molecule has 0 aliphatic heterocycles. The summed E-state index contributed by atoms with van der Waals surface area (Å²) in [5.41, 5.74) is 0. The fourth-order valence-electron chi connectivity index (χ4n) is 1.66. The van der Waals surface area contributed by atoms with Crippen LogP contribution in [-0.2, 0) is 14.2 Å². The van der Waals surface area contributed by atoms with E-state index >= 15 is 0 Å². The molecular formula is C12H25IO4. The predicted molar refractivity (Wildman–Crippen MR) is 76.6 cm³/mol. The summed E-state index contributed by atoms with van der Waals surface area (Å²) in [6, 6.07) is 0. The summed E-state index contributed by atoms with van der Waals surface area (Å²) in [7, 11) is 0. The first kappa shape index (κ1) is 17.6. The molecule has 0 bridgehead atoms. The largest absolute Gasteiger partial charge is 0.378 e. The van der Waals surface area contributed by atoms with E-state index in [0.29, 0.717) is 26.2 Å². The highest BCUT2D eigenvalue weighted by Gasteiger charge is 2.19. The summed E-state index contributed by atoms with van der Waals surface area (Å²) in [5.74, 6) is 0. The van der Waals surface area contributed by atoms with Crippen LogP contribution in [0.3, 0.4) is 0 Å². The van der Waals surface area contributed by atoms with Crippen molar-refractivity contribution < 1.29 is 19.3 Å². The zero-order chi connectivity index (χ0) is 13.1. The van der Waals surface area contributed by atoms with E-state index in [2.05, 4.69) is 22.6 Å².